The summed E-state index contributed by atoms with van der Waals surface area (Å²) in [6, 6.07) is 1.40. The first kappa shape index (κ1) is 11.9. The van der Waals surface area contributed by atoms with E-state index in [1.54, 1.807) is 0 Å². The van der Waals surface area contributed by atoms with Gasteiger partial charge in [-0.05, 0) is 46.2 Å². The lowest BCUT2D eigenvalue weighted by Crippen LogP contribution is -2.40. The standard InChI is InChI=1S/C11H23FN2/c1-13-10-4-6-11(7-5-10)14(2)9-3-8-12/h10-11,13H,3-9H2,1-2H3. The molecule has 1 saturated carbocycles. The molecule has 2 nitrogen and oxygen atoms in total. The summed E-state index contributed by atoms with van der Waals surface area (Å²) in [5, 5.41) is 3.33. The Morgan fingerprint density at radius 3 is 2.43 bits per heavy atom. The third-order valence-corrected chi connectivity index (χ3v) is 3.37. The van der Waals surface area contributed by atoms with Crippen molar-refractivity contribution in [3.8, 4) is 0 Å². The van der Waals surface area contributed by atoms with Crippen LogP contribution in [0.3, 0.4) is 0 Å². The van der Waals surface area contributed by atoms with Crippen LogP contribution in [0.5, 0.6) is 0 Å². The molecule has 0 aromatic carbocycles. The van der Waals surface area contributed by atoms with Crippen LogP contribution < -0.4 is 5.32 Å². The molecule has 0 aromatic rings. The molecule has 0 atom stereocenters. The molecule has 3 heteroatoms. The van der Waals surface area contributed by atoms with Gasteiger partial charge in [-0.3, -0.25) is 4.39 Å². The quantitative estimate of drug-likeness (QED) is 0.731. The zero-order chi connectivity index (χ0) is 10.4. The van der Waals surface area contributed by atoms with Gasteiger partial charge in [-0.25, -0.2) is 0 Å². The topological polar surface area (TPSA) is 15.3 Å². The molecule has 1 rings (SSSR count). The lowest BCUT2D eigenvalue weighted by Gasteiger charge is -2.34. The van der Waals surface area contributed by atoms with Crippen molar-refractivity contribution in [3.05, 3.63) is 0 Å². The van der Waals surface area contributed by atoms with E-state index in [1.807, 2.05) is 7.05 Å². The van der Waals surface area contributed by atoms with E-state index in [2.05, 4.69) is 17.3 Å². The Hall–Kier alpha value is -0.150. The minimum absolute atomic E-state index is 0.184. The number of rotatable bonds is 5. The SMILES string of the molecule is CNC1CCC(N(C)CCCF)CC1. The molecule has 0 aromatic heterocycles. The Morgan fingerprint density at radius 1 is 1.29 bits per heavy atom. The van der Waals surface area contributed by atoms with Crippen molar-refractivity contribution in [2.75, 3.05) is 27.3 Å². The zero-order valence-corrected chi connectivity index (χ0v) is 9.43. The first-order chi connectivity index (χ1) is 6.77. The summed E-state index contributed by atoms with van der Waals surface area (Å²) < 4.78 is 12.0. The summed E-state index contributed by atoms with van der Waals surface area (Å²) in [5.74, 6) is 0. The van der Waals surface area contributed by atoms with Gasteiger partial charge in [0.05, 0.1) is 6.67 Å². The number of halogens is 1. The van der Waals surface area contributed by atoms with Crippen molar-refractivity contribution >= 4 is 0 Å². The first-order valence-electron chi connectivity index (χ1n) is 5.71. The molecule has 14 heavy (non-hydrogen) atoms. The number of hydrogen-bond donors (Lipinski definition) is 1. The molecule has 0 saturated heterocycles. The highest BCUT2D eigenvalue weighted by molar-refractivity contribution is 4.80. The fourth-order valence-electron chi connectivity index (χ4n) is 2.30. The Kier molecular flexibility index (Phi) is 5.41. The van der Waals surface area contributed by atoms with Gasteiger partial charge >= 0.3 is 0 Å². The Bertz CT molecular complexity index is 144. The molecule has 1 fully saturated rings. The summed E-state index contributed by atoms with van der Waals surface area (Å²) in [6.45, 7) is 0.724. The van der Waals surface area contributed by atoms with Crippen molar-refractivity contribution in [2.24, 2.45) is 0 Å². The minimum Gasteiger partial charge on any atom is -0.317 e. The molecule has 0 spiro atoms. The molecule has 84 valence electrons. The second-order valence-corrected chi connectivity index (χ2v) is 4.32. The highest BCUT2D eigenvalue weighted by atomic mass is 19.1. The molecule has 1 aliphatic rings. The van der Waals surface area contributed by atoms with Crippen LogP contribution in [0.4, 0.5) is 4.39 Å². The largest absolute Gasteiger partial charge is 0.317 e. The third-order valence-electron chi connectivity index (χ3n) is 3.37. The van der Waals surface area contributed by atoms with Crippen molar-refractivity contribution in [2.45, 2.75) is 44.2 Å². The number of nitrogens with zero attached hydrogens (tertiary/aromatic N) is 1. The molecule has 1 aliphatic carbocycles. The normalized spacial score (nSPS) is 28.3. The van der Waals surface area contributed by atoms with Gasteiger partial charge in [0.2, 0.25) is 0 Å². The maximum Gasteiger partial charge on any atom is 0.0906 e. The second kappa shape index (κ2) is 6.36. The van der Waals surface area contributed by atoms with Crippen LogP contribution in [-0.4, -0.2) is 44.3 Å². The van der Waals surface area contributed by atoms with E-state index in [0.29, 0.717) is 18.5 Å². The fraction of sp³-hybridized carbons (Fsp3) is 1.00. The average molecular weight is 202 g/mol. The van der Waals surface area contributed by atoms with Crippen molar-refractivity contribution in [3.63, 3.8) is 0 Å². The predicted octanol–water partition coefficient (Wildman–Crippen LogP) is 1.81. The Morgan fingerprint density at radius 2 is 1.93 bits per heavy atom. The van der Waals surface area contributed by atoms with Crippen LogP contribution in [-0.2, 0) is 0 Å². The van der Waals surface area contributed by atoms with E-state index >= 15 is 0 Å². The second-order valence-electron chi connectivity index (χ2n) is 4.32. The molecular weight excluding hydrogens is 179 g/mol. The molecule has 0 aliphatic heterocycles. The highest BCUT2D eigenvalue weighted by Crippen LogP contribution is 2.22. The van der Waals surface area contributed by atoms with Crippen LogP contribution in [0.1, 0.15) is 32.1 Å². The monoisotopic (exact) mass is 202 g/mol. The van der Waals surface area contributed by atoms with E-state index in [0.717, 1.165) is 6.54 Å². The molecular formula is C11H23FN2. The molecule has 0 radical (unpaired) electrons. The maximum absolute atomic E-state index is 12.0. The maximum atomic E-state index is 12.0. The lowest BCUT2D eigenvalue weighted by atomic mass is 9.90. The van der Waals surface area contributed by atoms with E-state index in [1.165, 1.54) is 25.7 Å². The van der Waals surface area contributed by atoms with Gasteiger partial charge in [0.15, 0.2) is 0 Å². The minimum atomic E-state index is -0.184. The van der Waals surface area contributed by atoms with Gasteiger partial charge in [-0.2, -0.15) is 0 Å². The molecule has 0 heterocycles. The molecule has 0 unspecified atom stereocenters. The van der Waals surface area contributed by atoms with Crippen molar-refractivity contribution < 1.29 is 4.39 Å². The van der Waals surface area contributed by atoms with Crippen LogP contribution in [0.2, 0.25) is 0 Å². The number of nitrogens with one attached hydrogen (secondary N) is 1. The van der Waals surface area contributed by atoms with Crippen LogP contribution in [0.15, 0.2) is 0 Å². The Labute approximate surface area is 86.9 Å². The van der Waals surface area contributed by atoms with Gasteiger partial charge in [0, 0.05) is 18.6 Å². The van der Waals surface area contributed by atoms with Crippen LogP contribution in [0, 0.1) is 0 Å². The lowest BCUT2D eigenvalue weighted by molar-refractivity contribution is 0.171. The van der Waals surface area contributed by atoms with E-state index < -0.39 is 0 Å². The van der Waals surface area contributed by atoms with Crippen LogP contribution in [0.25, 0.3) is 0 Å². The van der Waals surface area contributed by atoms with Gasteiger partial charge in [0.1, 0.15) is 0 Å². The molecule has 1 N–H and O–H groups in total. The van der Waals surface area contributed by atoms with Crippen molar-refractivity contribution in [1.29, 1.82) is 0 Å². The van der Waals surface area contributed by atoms with Crippen LogP contribution >= 0.6 is 0 Å². The van der Waals surface area contributed by atoms with E-state index in [4.69, 9.17) is 0 Å². The highest BCUT2D eigenvalue weighted by Gasteiger charge is 2.22. The molecule has 0 amide bonds. The number of alkyl halides is 1. The van der Waals surface area contributed by atoms with E-state index in [-0.39, 0.29) is 6.67 Å². The van der Waals surface area contributed by atoms with Crippen molar-refractivity contribution in [1.82, 2.24) is 10.2 Å². The summed E-state index contributed by atoms with van der Waals surface area (Å²) >= 11 is 0. The van der Waals surface area contributed by atoms with Gasteiger partial charge in [-0.15, -0.1) is 0 Å². The summed E-state index contributed by atoms with van der Waals surface area (Å²) in [7, 11) is 4.16. The fourth-order valence-corrected chi connectivity index (χ4v) is 2.30. The predicted molar refractivity (Wildman–Crippen MR) is 58.3 cm³/mol. The molecule has 0 bridgehead atoms. The summed E-state index contributed by atoms with van der Waals surface area (Å²) in [6.07, 6.45) is 5.73. The average Bonchev–Trinajstić information content (AvgIpc) is 2.26. The van der Waals surface area contributed by atoms with Gasteiger partial charge in [0.25, 0.3) is 0 Å². The Balaban J connectivity index is 2.19. The third kappa shape index (κ3) is 3.54. The number of hydrogen-bond acceptors (Lipinski definition) is 2. The van der Waals surface area contributed by atoms with E-state index in [9.17, 15) is 4.39 Å². The zero-order valence-electron chi connectivity index (χ0n) is 9.43. The summed E-state index contributed by atoms with van der Waals surface area (Å²) in [5.41, 5.74) is 0. The smallest absolute Gasteiger partial charge is 0.0906 e. The summed E-state index contributed by atoms with van der Waals surface area (Å²) in [4.78, 5) is 2.32. The first-order valence-corrected chi connectivity index (χ1v) is 5.71. The van der Waals surface area contributed by atoms with Gasteiger partial charge < -0.3 is 10.2 Å². The van der Waals surface area contributed by atoms with Gasteiger partial charge in [-0.1, -0.05) is 0 Å².